The zero-order valence-corrected chi connectivity index (χ0v) is 21.0. The Balaban J connectivity index is 1.45. The van der Waals surface area contributed by atoms with Crippen molar-refractivity contribution in [3.05, 3.63) is 83.2 Å². The molecule has 1 aliphatic heterocycles. The minimum atomic E-state index is 0.872. The molecule has 2 aromatic heterocycles. The molecule has 5 heteroatoms. The summed E-state index contributed by atoms with van der Waals surface area (Å²) < 4.78 is 2.16. The van der Waals surface area contributed by atoms with Gasteiger partial charge < -0.3 is 9.80 Å². The lowest BCUT2D eigenvalue weighted by Crippen LogP contribution is -3.18. The van der Waals surface area contributed by atoms with Gasteiger partial charge in [0.15, 0.2) is 5.65 Å². The Morgan fingerprint density at radius 3 is 2.20 bits per heavy atom. The number of hydrogen-bond acceptors (Lipinski definition) is 3. The molecule has 1 aliphatic carbocycles. The van der Waals surface area contributed by atoms with Crippen molar-refractivity contribution in [2.75, 3.05) is 31.1 Å². The maximum absolute atomic E-state index is 5.17. The molecule has 4 aromatic rings. The number of quaternary nitrogens is 1. The average molecular weight is 467 g/mol. The predicted molar refractivity (Wildman–Crippen MR) is 142 cm³/mol. The van der Waals surface area contributed by atoms with E-state index < -0.39 is 0 Å². The first kappa shape index (κ1) is 22.3. The number of aryl methyl sites for hydroxylation is 2. The molecule has 0 radical (unpaired) electrons. The second-order valence-electron chi connectivity index (χ2n) is 10.4. The first-order valence-corrected chi connectivity index (χ1v) is 13.3. The third-order valence-corrected chi connectivity index (χ3v) is 8.14. The Bertz CT molecular complexity index is 1300. The first-order chi connectivity index (χ1) is 17.2. The van der Waals surface area contributed by atoms with Crippen molar-refractivity contribution in [1.29, 1.82) is 0 Å². The summed E-state index contributed by atoms with van der Waals surface area (Å²) in [5.74, 6) is 1.24. The van der Waals surface area contributed by atoms with Crippen molar-refractivity contribution in [3.8, 4) is 11.1 Å². The molecule has 0 spiro atoms. The molecule has 180 valence electrons. The van der Waals surface area contributed by atoms with E-state index in [0.717, 1.165) is 48.2 Å². The molecule has 6 rings (SSSR count). The van der Waals surface area contributed by atoms with Crippen LogP contribution < -0.4 is 9.80 Å². The molecule has 0 bridgehead atoms. The van der Waals surface area contributed by atoms with E-state index in [9.17, 15) is 0 Å². The van der Waals surface area contributed by atoms with Crippen LogP contribution in [0.25, 0.3) is 16.8 Å². The van der Waals surface area contributed by atoms with Gasteiger partial charge in [0.05, 0.1) is 37.9 Å². The zero-order valence-electron chi connectivity index (χ0n) is 21.0. The molecule has 0 unspecified atom stereocenters. The normalized spacial score (nSPS) is 17.5. The molecule has 0 atom stereocenters. The number of benzene rings is 2. The summed E-state index contributed by atoms with van der Waals surface area (Å²) in [6, 6.07) is 22.3. The number of rotatable bonds is 5. The standard InChI is InChI=1S/C30H35N5/c1-22-27(21-24-11-5-3-6-12-24)30(34-19-17-33(18-20-34)26-15-9-10-16-26)35-29(31-22)28(23(2)32-35)25-13-7-4-8-14-25/h3-8,11-14,26H,9-10,15-21H2,1-2H3/p+1. The largest absolute Gasteiger partial charge is 0.345 e. The number of aromatic nitrogens is 3. The van der Waals surface area contributed by atoms with Crippen LogP contribution in [0.1, 0.15) is 48.2 Å². The van der Waals surface area contributed by atoms with Gasteiger partial charge in [0.1, 0.15) is 5.82 Å². The summed E-state index contributed by atoms with van der Waals surface area (Å²) in [5, 5.41) is 5.11. The fraction of sp³-hybridized carbons (Fsp3) is 0.400. The Morgan fingerprint density at radius 1 is 0.857 bits per heavy atom. The van der Waals surface area contributed by atoms with Gasteiger partial charge >= 0.3 is 0 Å². The maximum atomic E-state index is 5.17. The summed E-state index contributed by atoms with van der Waals surface area (Å²) in [7, 11) is 0. The lowest BCUT2D eigenvalue weighted by atomic mass is 10.0. The summed E-state index contributed by atoms with van der Waals surface area (Å²) in [4.78, 5) is 9.58. The van der Waals surface area contributed by atoms with Crippen molar-refractivity contribution in [2.45, 2.75) is 52.0 Å². The van der Waals surface area contributed by atoms with E-state index in [4.69, 9.17) is 10.1 Å². The van der Waals surface area contributed by atoms with E-state index in [1.54, 1.807) is 0 Å². The van der Waals surface area contributed by atoms with Gasteiger partial charge in [-0.3, -0.25) is 0 Å². The lowest BCUT2D eigenvalue weighted by molar-refractivity contribution is -0.925. The predicted octanol–water partition coefficient (Wildman–Crippen LogP) is 4.25. The summed E-state index contributed by atoms with van der Waals surface area (Å²) in [5.41, 5.74) is 8.08. The highest BCUT2D eigenvalue weighted by Gasteiger charge is 2.32. The van der Waals surface area contributed by atoms with Crippen molar-refractivity contribution in [2.24, 2.45) is 0 Å². The molecule has 2 aliphatic rings. The fourth-order valence-electron chi connectivity index (χ4n) is 6.30. The number of piperazine rings is 1. The summed E-state index contributed by atoms with van der Waals surface area (Å²) in [6.45, 7) is 8.87. The van der Waals surface area contributed by atoms with Gasteiger partial charge in [-0.15, -0.1) is 0 Å². The molecule has 3 heterocycles. The highest BCUT2D eigenvalue weighted by atomic mass is 15.4. The van der Waals surface area contributed by atoms with E-state index in [0.29, 0.717) is 0 Å². The van der Waals surface area contributed by atoms with Crippen molar-refractivity contribution >= 4 is 11.5 Å². The number of nitrogens with one attached hydrogen (secondary N) is 1. The molecule has 0 amide bonds. The average Bonchev–Trinajstić information content (AvgIpc) is 3.54. The number of hydrogen-bond donors (Lipinski definition) is 1. The van der Waals surface area contributed by atoms with E-state index in [-0.39, 0.29) is 0 Å². The van der Waals surface area contributed by atoms with Gasteiger partial charge in [0.2, 0.25) is 0 Å². The third kappa shape index (κ3) is 4.23. The number of nitrogens with zero attached hydrogens (tertiary/aromatic N) is 4. The highest BCUT2D eigenvalue weighted by Crippen LogP contribution is 2.33. The van der Waals surface area contributed by atoms with E-state index in [1.165, 1.54) is 61.3 Å². The van der Waals surface area contributed by atoms with E-state index in [1.807, 2.05) is 4.90 Å². The van der Waals surface area contributed by atoms with Crippen molar-refractivity contribution < 1.29 is 4.90 Å². The van der Waals surface area contributed by atoms with Crippen LogP contribution in [-0.2, 0) is 6.42 Å². The Morgan fingerprint density at radius 2 is 1.51 bits per heavy atom. The van der Waals surface area contributed by atoms with Crippen LogP contribution in [0.5, 0.6) is 0 Å². The maximum Gasteiger partial charge on any atom is 0.165 e. The molecule has 5 nitrogen and oxygen atoms in total. The van der Waals surface area contributed by atoms with Gasteiger partial charge in [0.25, 0.3) is 0 Å². The molecule has 2 fully saturated rings. The monoisotopic (exact) mass is 466 g/mol. The molecule has 1 saturated heterocycles. The van der Waals surface area contributed by atoms with E-state index in [2.05, 4.69) is 83.9 Å². The van der Waals surface area contributed by atoms with Crippen LogP contribution in [0.2, 0.25) is 0 Å². The van der Waals surface area contributed by atoms with Crippen LogP contribution in [0.15, 0.2) is 60.7 Å². The first-order valence-electron chi connectivity index (χ1n) is 13.3. The van der Waals surface area contributed by atoms with E-state index >= 15 is 0 Å². The van der Waals surface area contributed by atoms with Crippen molar-refractivity contribution in [1.82, 2.24) is 14.6 Å². The fourth-order valence-corrected chi connectivity index (χ4v) is 6.30. The number of fused-ring (bicyclic) bond motifs is 1. The van der Waals surface area contributed by atoms with Gasteiger partial charge in [-0.2, -0.15) is 9.61 Å². The minimum Gasteiger partial charge on any atom is -0.345 e. The van der Waals surface area contributed by atoms with Crippen molar-refractivity contribution in [3.63, 3.8) is 0 Å². The van der Waals surface area contributed by atoms with Crippen LogP contribution in [0, 0.1) is 13.8 Å². The second-order valence-corrected chi connectivity index (χ2v) is 10.4. The Labute approximate surface area is 208 Å². The van der Waals surface area contributed by atoms with Gasteiger partial charge in [0, 0.05) is 23.2 Å². The van der Waals surface area contributed by atoms with Crippen LogP contribution in [0.4, 0.5) is 5.82 Å². The zero-order chi connectivity index (χ0) is 23.8. The molecular formula is C30H36N5+. The second kappa shape index (κ2) is 9.46. The van der Waals surface area contributed by atoms with Gasteiger partial charge in [-0.1, -0.05) is 60.7 Å². The number of anilines is 1. The molecular weight excluding hydrogens is 430 g/mol. The molecule has 1 saturated carbocycles. The lowest BCUT2D eigenvalue weighted by Gasteiger charge is -2.37. The van der Waals surface area contributed by atoms with Crippen LogP contribution in [0.3, 0.4) is 0 Å². The Kier molecular flexibility index (Phi) is 6.03. The Hall–Kier alpha value is -3.18. The topological polar surface area (TPSA) is 37.9 Å². The van der Waals surface area contributed by atoms with Crippen LogP contribution >= 0.6 is 0 Å². The molecule has 35 heavy (non-hydrogen) atoms. The smallest absolute Gasteiger partial charge is 0.165 e. The molecule has 1 N–H and O–H groups in total. The highest BCUT2D eigenvalue weighted by molar-refractivity contribution is 5.81. The van der Waals surface area contributed by atoms with Crippen LogP contribution in [-0.4, -0.2) is 46.8 Å². The summed E-state index contributed by atoms with van der Waals surface area (Å²) in [6.07, 6.45) is 6.52. The summed E-state index contributed by atoms with van der Waals surface area (Å²) >= 11 is 0. The molecule has 2 aromatic carbocycles. The SMILES string of the molecule is Cc1nc2c(-c3ccccc3)c(C)nn2c(N2CC[NH+](C3CCCC3)CC2)c1Cc1ccccc1. The quantitative estimate of drug-likeness (QED) is 0.478. The minimum absolute atomic E-state index is 0.872. The van der Waals surface area contributed by atoms with Gasteiger partial charge in [-0.25, -0.2) is 4.98 Å². The third-order valence-electron chi connectivity index (χ3n) is 8.14. The van der Waals surface area contributed by atoms with Gasteiger partial charge in [-0.05, 0) is 50.7 Å².